The summed E-state index contributed by atoms with van der Waals surface area (Å²) < 4.78 is 26.3. The highest BCUT2D eigenvalue weighted by atomic mass is 16.5. The van der Waals surface area contributed by atoms with Gasteiger partial charge >= 0.3 is 11.4 Å². The van der Waals surface area contributed by atoms with Crippen molar-refractivity contribution in [3.8, 4) is 45.9 Å². The van der Waals surface area contributed by atoms with Crippen LogP contribution in [-0.4, -0.2) is 33.3 Å². The number of imidazole rings is 2. The van der Waals surface area contributed by atoms with Crippen LogP contribution in [0.5, 0.6) is 34.5 Å². The Bertz CT molecular complexity index is 2460. The first kappa shape index (κ1) is 25.9. The number of fused-ring (bicyclic) bond motifs is 6. The molecule has 0 saturated carbocycles. The van der Waals surface area contributed by atoms with E-state index in [0.29, 0.717) is 90.0 Å². The Morgan fingerprint density at radius 1 is 0.565 bits per heavy atom. The predicted molar refractivity (Wildman–Crippen MR) is 169 cm³/mol. The van der Waals surface area contributed by atoms with E-state index >= 15 is 0 Å². The molecule has 12 heteroatoms. The second kappa shape index (κ2) is 9.47. The molecule has 0 spiro atoms. The number of H-pyrrole nitrogens is 2. The summed E-state index contributed by atoms with van der Waals surface area (Å²) in [5.41, 5.74) is 4.45. The van der Waals surface area contributed by atoms with Crippen LogP contribution in [0.15, 0.2) is 105 Å². The quantitative estimate of drug-likeness (QED) is 0.285. The van der Waals surface area contributed by atoms with E-state index in [4.69, 9.17) is 28.9 Å². The Kier molecular flexibility index (Phi) is 5.33. The lowest BCUT2D eigenvalue weighted by atomic mass is 10.2. The fraction of sp³-hybridized carbons (Fsp3) is 0.0588. The second-order valence-corrected chi connectivity index (χ2v) is 10.8. The molecular weight excluding hydrogens is 588 g/mol. The molecule has 0 aliphatic carbocycles. The number of benzene rings is 5. The van der Waals surface area contributed by atoms with Gasteiger partial charge in [-0.1, -0.05) is 0 Å². The Labute approximate surface area is 258 Å². The Morgan fingerprint density at radius 3 is 1.37 bits per heavy atom. The number of methoxy groups -OCH3 is 2. The molecule has 0 amide bonds. The third-order valence-electron chi connectivity index (χ3n) is 8.15. The van der Waals surface area contributed by atoms with Crippen molar-refractivity contribution in [3.05, 3.63) is 117 Å². The number of ether oxygens (including phenoxy) is 4. The van der Waals surface area contributed by atoms with E-state index in [2.05, 4.69) is 9.97 Å². The number of hydrogen-bond donors (Lipinski definition) is 2. The number of aromatic amines is 2. The monoisotopic (exact) mass is 610 g/mol. The summed E-state index contributed by atoms with van der Waals surface area (Å²) >= 11 is 0. The van der Waals surface area contributed by atoms with Crippen molar-refractivity contribution in [1.29, 1.82) is 0 Å². The van der Waals surface area contributed by atoms with Gasteiger partial charge in [0.2, 0.25) is 0 Å². The summed E-state index contributed by atoms with van der Waals surface area (Å²) in [5, 5.41) is 1.11. The highest BCUT2D eigenvalue weighted by Gasteiger charge is 2.22. The van der Waals surface area contributed by atoms with Crippen LogP contribution in [0, 0.1) is 0 Å². The molecule has 5 aromatic carbocycles. The predicted octanol–water partition coefficient (Wildman–Crippen LogP) is 5.08. The fourth-order valence-electron chi connectivity index (χ4n) is 5.93. The van der Waals surface area contributed by atoms with Crippen LogP contribution in [0.25, 0.3) is 33.4 Å². The zero-order valence-electron chi connectivity index (χ0n) is 24.3. The molecule has 0 atom stereocenters. The van der Waals surface area contributed by atoms with E-state index in [1.54, 1.807) is 84.0 Å². The minimum atomic E-state index is -0.283. The second-order valence-electron chi connectivity index (χ2n) is 10.8. The van der Waals surface area contributed by atoms with Crippen LogP contribution in [0.3, 0.4) is 0 Å². The third kappa shape index (κ3) is 3.86. The number of rotatable bonds is 4. The maximum Gasteiger partial charge on any atom is 0.331 e. The van der Waals surface area contributed by atoms with E-state index in [1.165, 1.54) is 0 Å². The van der Waals surface area contributed by atoms with Gasteiger partial charge in [0.1, 0.15) is 33.6 Å². The van der Waals surface area contributed by atoms with Gasteiger partial charge < -0.3 is 28.9 Å². The molecule has 46 heavy (non-hydrogen) atoms. The van der Waals surface area contributed by atoms with Crippen LogP contribution in [0.1, 0.15) is 0 Å². The number of hydrogen-bond acceptors (Lipinski definition) is 8. The summed E-state index contributed by atoms with van der Waals surface area (Å²) in [6.45, 7) is 0. The summed E-state index contributed by atoms with van der Waals surface area (Å²) in [6, 6.07) is 25.2. The molecule has 9 rings (SSSR count). The average Bonchev–Trinajstić information content (AvgIpc) is 3.56. The van der Waals surface area contributed by atoms with Gasteiger partial charge in [-0.3, -0.25) is 9.13 Å². The van der Waals surface area contributed by atoms with Gasteiger partial charge in [0, 0.05) is 24.3 Å². The maximum atomic E-state index is 13.0. The summed E-state index contributed by atoms with van der Waals surface area (Å²) in [6.07, 6.45) is 0. The summed E-state index contributed by atoms with van der Waals surface area (Å²) in [4.78, 5) is 41.4. The molecule has 0 unspecified atom stereocenters. The van der Waals surface area contributed by atoms with Gasteiger partial charge in [-0.2, -0.15) is 0 Å². The largest absolute Gasteiger partial charge is 0.497 e. The van der Waals surface area contributed by atoms with Crippen LogP contribution in [0.4, 0.5) is 11.4 Å². The zero-order chi connectivity index (χ0) is 31.1. The summed E-state index contributed by atoms with van der Waals surface area (Å²) in [7, 11) is 3.19. The highest BCUT2D eigenvalue weighted by molar-refractivity contribution is 5.85. The van der Waals surface area contributed by atoms with Crippen molar-refractivity contribution in [1.82, 2.24) is 19.1 Å². The topological polar surface area (TPSA) is 137 Å². The smallest absolute Gasteiger partial charge is 0.331 e. The molecule has 2 aliphatic rings. The van der Waals surface area contributed by atoms with E-state index in [0.717, 1.165) is 0 Å². The molecule has 4 heterocycles. The van der Waals surface area contributed by atoms with Crippen molar-refractivity contribution in [2.45, 2.75) is 0 Å². The average molecular weight is 611 g/mol. The van der Waals surface area contributed by atoms with Crippen LogP contribution in [-0.2, 0) is 0 Å². The number of nitrogens with one attached hydrogen (secondary N) is 2. The SMILES string of the molecule is COc1ccc(-n2c(=O)[nH]c3cc4c(cc32)Oc2cc3c(cc2=N4)Oc2cc4c(cc2N=3)[nH]c(=O)n4-c2ccc(OC)cc2)cc1. The van der Waals surface area contributed by atoms with Crippen molar-refractivity contribution >= 4 is 33.4 Å². The van der Waals surface area contributed by atoms with Gasteiger partial charge in [-0.05, 0) is 60.7 Å². The maximum absolute atomic E-state index is 13.0. The molecule has 7 aromatic rings. The fourth-order valence-corrected chi connectivity index (χ4v) is 5.93. The van der Waals surface area contributed by atoms with Crippen LogP contribution < -0.4 is 41.0 Å². The normalized spacial score (nSPS) is 12.6. The lowest BCUT2D eigenvalue weighted by Gasteiger charge is -2.18. The molecular formula is C34H22N6O6. The Balaban J connectivity index is 1.12. The van der Waals surface area contributed by atoms with Crippen molar-refractivity contribution in [2.75, 3.05) is 14.2 Å². The van der Waals surface area contributed by atoms with E-state index in [1.807, 2.05) is 24.3 Å². The van der Waals surface area contributed by atoms with Gasteiger partial charge in [-0.15, -0.1) is 0 Å². The van der Waals surface area contributed by atoms with Crippen LogP contribution in [0.2, 0.25) is 0 Å². The number of aromatic nitrogens is 4. The molecule has 0 radical (unpaired) electrons. The van der Waals surface area contributed by atoms with Gasteiger partial charge in [0.15, 0.2) is 23.0 Å². The molecule has 0 bridgehead atoms. The Hall–Kier alpha value is -6.56. The van der Waals surface area contributed by atoms with Gasteiger partial charge in [0.05, 0.1) is 47.7 Å². The zero-order valence-corrected chi connectivity index (χ0v) is 24.3. The van der Waals surface area contributed by atoms with E-state index in [9.17, 15) is 9.59 Å². The van der Waals surface area contributed by atoms with Gasteiger partial charge in [0.25, 0.3) is 0 Å². The van der Waals surface area contributed by atoms with E-state index in [-0.39, 0.29) is 11.4 Å². The lowest BCUT2D eigenvalue weighted by molar-refractivity contribution is 0.414. The van der Waals surface area contributed by atoms with Crippen molar-refractivity contribution in [2.24, 2.45) is 9.98 Å². The molecule has 2 aromatic heterocycles. The lowest BCUT2D eigenvalue weighted by Crippen LogP contribution is -2.18. The minimum Gasteiger partial charge on any atom is -0.497 e. The molecule has 224 valence electrons. The first-order chi connectivity index (χ1) is 22.4. The molecule has 12 nitrogen and oxygen atoms in total. The number of nitrogens with zero attached hydrogens (tertiary/aromatic N) is 4. The molecule has 0 fully saturated rings. The minimum absolute atomic E-state index is 0.283. The first-order valence-corrected chi connectivity index (χ1v) is 14.3. The standard InChI is InChI=1S/C34H22N6O6/c1-43-19-7-3-17(4-8-19)39-27-15-31-23(11-21(27)37-33(39)41)35-25-14-30-26(13-29(25)45-31)36-24-12-22-28(16-32(24)46-30)40(34(42)38-22)18-5-9-20(44-2)10-6-18/h3-16H,1-2H3,(H,37,41)(H,38,42). The first-order valence-electron chi connectivity index (χ1n) is 14.3. The summed E-state index contributed by atoms with van der Waals surface area (Å²) in [5.74, 6) is 3.37. The highest BCUT2D eigenvalue weighted by Crippen LogP contribution is 2.40. The van der Waals surface area contributed by atoms with Gasteiger partial charge in [-0.25, -0.2) is 19.6 Å². The van der Waals surface area contributed by atoms with Crippen LogP contribution >= 0.6 is 0 Å². The third-order valence-corrected chi connectivity index (χ3v) is 8.15. The molecule has 2 N–H and O–H groups in total. The Morgan fingerprint density at radius 2 is 0.978 bits per heavy atom. The molecule has 0 saturated heterocycles. The molecule has 2 aliphatic heterocycles. The van der Waals surface area contributed by atoms with Crippen molar-refractivity contribution in [3.63, 3.8) is 0 Å². The van der Waals surface area contributed by atoms with Crippen molar-refractivity contribution < 1.29 is 18.9 Å². The van der Waals surface area contributed by atoms with E-state index < -0.39 is 0 Å².